The molecule has 1 aliphatic heterocycles. The first kappa shape index (κ1) is 12.9. The average Bonchev–Trinajstić information content (AvgIpc) is 2.27. The van der Waals surface area contributed by atoms with Gasteiger partial charge in [0.05, 0.1) is 27.4 Å². The van der Waals surface area contributed by atoms with Gasteiger partial charge in [-0.15, -0.1) is 0 Å². The van der Waals surface area contributed by atoms with Crippen LogP contribution in [0.1, 0.15) is 5.56 Å². The first-order valence-corrected chi connectivity index (χ1v) is 5.59. The van der Waals surface area contributed by atoms with Gasteiger partial charge < -0.3 is 5.11 Å². The summed E-state index contributed by atoms with van der Waals surface area (Å²) in [7, 11) is 0. The second-order valence-corrected chi connectivity index (χ2v) is 4.48. The Balaban J connectivity index is 2.61. The second-order valence-electron chi connectivity index (χ2n) is 3.72. The van der Waals surface area contributed by atoms with E-state index in [0.29, 0.717) is 5.56 Å². The standard InChI is InChI=1S/C11H7BrF3NO2/c12-16-8-4-2-1-3-6(8)5-7(10(17)18)9(16)11(13,14)15/h1-5,9H,(H,17,18). The quantitative estimate of drug-likeness (QED) is 0.807. The molecular weight excluding hydrogens is 315 g/mol. The highest BCUT2D eigenvalue weighted by Crippen LogP contribution is 2.41. The van der Waals surface area contributed by atoms with E-state index < -0.39 is 23.8 Å². The predicted octanol–water partition coefficient (Wildman–Crippen LogP) is 3.22. The molecule has 0 bridgehead atoms. The number of hydrogen-bond acceptors (Lipinski definition) is 2. The van der Waals surface area contributed by atoms with E-state index in [9.17, 15) is 18.0 Å². The summed E-state index contributed by atoms with van der Waals surface area (Å²) < 4.78 is 39.5. The van der Waals surface area contributed by atoms with Crippen LogP contribution in [0.15, 0.2) is 29.8 Å². The summed E-state index contributed by atoms with van der Waals surface area (Å²) >= 11 is 2.81. The third-order valence-corrected chi connectivity index (χ3v) is 3.35. The van der Waals surface area contributed by atoms with Crippen LogP contribution in [0.2, 0.25) is 0 Å². The van der Waals surface area contributed by atoms with Crippen molar-refractivity contribution in [2.24, 2.45) is 0 Å². The first-order chi connectivity index (χ1) is 8.32. The summed E-state index contributed by atoms with van der Waals surface area (Å²) in [6.45, 7) is 0. The Morgan fingerprint density at radius 3 is 2.50 bits per heavy atom. The smallest absolute Gasteiger partial charge is 0.414 e. The maximum atomic E-state index is 12.9. The molecule has 0 aromatic heterocycles. The van der Waals surface area contributed by atoms with Crippen molar-refractivity contribution in [3.05, 3.63) is 35.4 Å². The molecule has 1 aliphatic rings. The highest BCUT2D eigenvalue weighted by Gasteiger charge is 2.49. The molecule has 0 radical (unpaired) electrons. The minimum atomic E-state index is -4.68. The molecule has 0 saturated carbocycles. The fourth-order valence-corrected chi connectivity index (χ4v) is 2.57. The van der Waals surface area contributed by atoms with Crippen LogP contribution in [-0.2, 0) is 4.79 Å². The van der Waals surface area contributed by atoms with E-state index >= 15 is 0 Å². The first-order valence-electron chi connectivity index (χ1n) is 4.88. The number of carboxylic acids is 1. The van der Waals surface area contributed by atoms with Crippen molar-refractivity contribution in [1.29, 1.82) is 0 Å². The zero-order valence-electron chi connectivity index (χ0n) is 8.78. The Bertz CT molecular complexity index is 527. The van der Waals surface area contributed by atoms with Crippen molar-refractivity contribution in [2.75, 3.05) is 3.93 Å². The zero-order valence-corrected chi connectivity index (χ0v) is 10.4. The van der Waals surface area contributed by atoms with Gasteiger partial charge in [-0.1, -0.05) is 18.2 Å². The van der Waals surface area contributed by atoms with Gasteiger partial charge in [0, 0.05) is 0 Å². The van der Waals surface area contributed by atoms with Crippen LogP contribution in [0.4, 0.5) is 18.9 Å². The molecule has 1 aromatic carbocycles. The number of fused-ring (bicyclic) bond motifs is 1. The zero-order chi connectivity index (χ0) is 13.5. The Morgan fingerprint density at radius 1 is 1.33 bits per heavy atom. The summed E-state index contributed by atoms with van der Waals surface area (Å²) in [4.78, 5) is 11.0. The lowest BCUT2D eigenvalue weighted by Gasteiger charge is -2.34. The van der Waals surface area contributed by atoms with Gasteiger partial charge in [0.2, 0.25) is 0 Å². The summed E-state index contributed by atoms with van der Waals surface area (Å²) in [5.41, 5.74) is -0.00447. The lowest BCUT2D eigenvalue weighted by atomic mass is 9.97. The highest BCUT2D eigenvalue weighted by atomic mass is 79.9. The average molecular weight is 322 g/mol. The highest BCUT2D eigenvalue weighted by molar-refractivity contribution is 9.10. The van der Waals surface area contributed by atoms with Crippen LogP contribution < -0.4 is 3.93 Å². The normalized spacial score (nSPS) is 19.2. The molecule has 96 valence electrons. The van der Waals surface area contributed by atoms with E-state index in [0.717, 1.165) is 10.0 Å². The van der Waals surface area contributed by atoms with E-state index in [1.165, 1.54) is 6.07 Å². The van der Waals surface area contributed by atoms with Crippen LogP contribution in [0, 0.1) is 0 Å². The van der Waals surface area contributed by atoms with Gasteiger partial charge in [-0.3, -0.25) is 3.93 Å². The molecule has 2 rings (SSSR count). The van der Waals surface area contributed by atoms with E-state index in [2.05, 4.69) is 16.1 Å². The number of rotatable bonds is 1. The molecule has 1 N–H and O–H groups in total. The van der Waals surface area contributed by atoms with Gasteiger partial charge in [-0.2, -0.15) is 13.2 Å². The van der Waals surface area contributed by atoms with E-state index in [1.54, 1.807) is 18.2 Å². The van der Waals surface area contributed by atoms with E-state index in [-0.39, 0.29) is 5.69 Å². The summed E-state index contributed by atoms with van der Waals surface area (Å²) in [6.07, 6.45) is -3.63. The minimum absolute atomic E-state index is 0.282. The Morgan fingerprint density at radius 2 is 1.94 bits per heavy atom. The molecule has 0 saturated heterocycles. The van der Waals surface area contributed by atoms with Crippen molar-refractivity contribution in [1.82, 2.24) is 0 Å². The number of nitrogens with zero attached hydrogens (tertiary/aromatic N) is 1. The van der Waals surface area contributed by atoms with Gasteiger partial charge in [0.15, 0.2) is 6.04 Å². The van der Waals surface area contributed by atoms with Crippen LogP contribution in [0.25, 0.3) is 6.08 Å². The number of benzene rings is 1. The Kier molecular flexibility index (Phi) is 3.10. The Hall–Kier alpha value is -1.50. The largest absolute Gasteiger partial charge is 0.478 e. The van der Waals surface area contributed by atoms with Gasteiger partial charge in [0.25, 0.3) is 0 Å². The Labute approximate surface area is 109 Å². The van der Waals surface area contributed by atoms with Crippen LogP contribution in [0.5, 0.6) is 0 Å². The molecule has 1 aromatic rings. The molecule has 0 spiro atoms. The number of halogens is 4. The third-order valence-electron chi connectivity index (χ3n) is 2.56. The number of carboxylic acid groups (broad SMARTS) is 1. The number of alkyl halides is 3. The molecule has 7 heteroatoms. The number of anilines is 1. The van der Waals surface area contributed by atoms with Crippen LogP contribution in [-0.4, -0.2) is 23.3 Å². The fourth-order valence-electron chi connectivity index (χ4n) is 1.80. The lowest BCUT2D eigenvalue weighted by molar-refractivity contribution is -0.148. The molecule has 18 heavy (non-hydrogen) atoms. The maximum absolute atomic E-state index is 12.9. The fraction of sp³-hybridized carbons (Fsp3) is 0.182. The van der Waals surface area contributed by atoms with Crippen molar-refractivity contribution in [3.8, 4) is 0 Å². The van der Waals surface area contributed by atoms with E-state index in [4.69, 9.17) is 5.11 Å². The predicted molar refractivity (Wildman–Crippen MR) is 63.3 cm³/mol. The molecular formula is C11H7BrF3NO2. The molecule has 3 nitrogen and oxygen atoms in total. The van der Waals surface area contributed by atoms with Gasteiger partial charge in [-0.25, -0.2) is 4.79 Å². The molecule has 1 unspecified atom stereocenters. The lowest BCUT2D eigenvalue weighted by Crippen LogP contribution is -2.45. The van der Waals surface area contributed by atoms with Crippen LogP contribution >= 0.6 is 16.1 Å². The van der Waals surface area contributed by atoms with Crippen molar-refractivity contribution < 1.29 is 23.1 Å². The second kappa shape index (κ2) is 4.31. The topological polar surface area (TPSA) is 40.5 Å². The van der Waals surface area contributed by atoms with Gasteiger partial charge >= 0.3 is 12.1 Å². The third kappa shape index (κ3) is 2.10. The number of carbonyl (C=O) groups is 1. The van der Waals surface area contributed by atoms with Crippen molar-refractivity contribution >= 4 is 33.9 Å². The van der Waals surface area contributed by atoms with Gasteiger partial charge in [0.1, 0.15) is 0 Å². The number of aliphatic carboxylic acids is 1. The minimum Gasteiger partial charge on any atom is -0.478 e. The molecule has 0 fully saturated rings. The molecule has 0 aliphatic carbocycles. The monoisotopic (exact) mass is 321 g/mol. The molecule has 1 heterocycles. The number of para-hydroxylation sites is 1. The summed E-state index contributed by atoms with van der Waals surface area (Å²) in [5.74, 6) is -1.59. The number of hydrogen-bond donors (Lipinski definition) is 1. The van der Waals surface area contributed by atoms with E-state index in [1.807, 2.05) is 0 Å². The molecule has 1 atom stereocenters. The van der Waals surface area contributed by atoms with Crippen molar-refractivity contribution in [3.63, 3.8) is 0 Å². The van der Waals surface area contributed by atoms with Gasteiger partial charge in [-0.05, 0) is 17.7 Å². The maximum Gasteiger partial charge on any atom is 0.414 e. The summed E-state index contributed by atoms with van der Waals surface area (Å²) in [6, 6.07) is 4.05. The molecule has 0 amide bonds. The van der Waals surface area contributed by atoms with Crippen molar-refractivity contribution in [2.45, 2.75) is 12.2 Å². The van der Waals surface area contributed by atoms with Crippen LogP contribution in [0.3, 0.4) is 0 Å². The SMILES string of the molecule is O=C(O)C1=Cc2ccccc2N(Br)C1C(F)(F)F. The summed E-state index contributed by atoms with van der Waals surface area (Å²) in [5, 5.41) is 8.90.